The van der Waals surface area contributed by atoms with Crippen LogP contribution >= 0.6 is 15.9 Å². The first-order valence-electron chi connectivity index (χ1n) is 8.17. The number of aromatic nitrogens is 4. The molecule has 6 nitrogen and oxygen atoms in total. The largest absolute Gasteiger partial charge is 0.341 e. The van der Waals surface area contributed by atoms with Crippen molar-refractivity contribution in [3.8, 4) is 11.3 Å². The van der Waals surface area contributed by atoms with Crippen molar-refractivity contribution >= 4 is 32.9 Å². The van der Waals surface area contributed by atoms with E-state index in [1.807, 2.05) is 55.5 Å². The number of nitrogens with zero attached hydrogens (tertiary/aromatic N) is 2. The van der Waals surface area contributed by atoms with E-state index < -0.39 is 0 Å². The molecular formula is C19H16BrN5O. The number of carbonyl (C=O) groups is 1. The summed E-state index contributed by atoms with van der Waals surface area (Å²) in [6.45, 7) is 1.89. The molecule has 0 bridgehead atoms. The predicted molar refractivity (Wildman–Crippen MR) is 104 cm³/mol. The maximum atomic E-state index is 12.5. The minimum Gasteiger partial charge on any atom is -0.341 e. The van der Waals surface area contributed by atoms with Gasteiger partial charge in [-0.25, -0.2) is 4.98 Å². The molecule has 0 aliphatic rings. The highest BCUT2D eigenvalue weighted by molar-refractivity contribution is 9.10. The van der Waals surface area contributed by atoms with Crippen molar-refractivity contribution in [1.82, 2.24) is 25.5 Å². The molecule has 4 aromatic rings. The number of hydrogen-bond donors (Lipinski definition) is 3. The minimum atomic E-state index is -0.255. The maximum absolute atomic E-state index is 12.5. The van der Waals surface area contributed by atoms with E-state index in [4.69, 9.17) is 0 Å². The molecule has 0 fully saturated rings. The van der Waals surface area contributed by atoms with Crippen LogP contribution in [0.1, 0.15) is 29.3 Å². The van der Waals surface area contributed by atoms with E-state index in [2.05, 4.69) is 41.4 Å². The van der Waals surface area contributed by atoms with Crippen LogP contribution in [0.3, 0.4) is 0 Å². The van der Waals surface area contributed by atoms with Gasteiger partial charge in [0.2, 0.25) is 0 Å². The Morgan fingerprint density at radius 1 is 1.15 bits per heavy atom. The first-order valence-corrected chi connectivity index (χ1v) is 8.96. The number of aromatic amines is 2. The van der Waals surface area contributed by atoms with E-state index in [0.29, 0.717) is 11.5 Å². The molecule has 2 aromatic carbocycles. The van der Waals surface area contributed by atoms with E-state index in [1.165, 1.54) is 0 Å². The fraction of sp³-hybridized carbons (Fsp3) is 0.105. The molecular weight excluding hydrogens is 394 g/mol. The molecule has 26 heavy (non-hydrogen) atoms. The molecule has 2 aromatic heterocycles. The van der Waals surface area contributed by atoms with Gasteiger partial charge in [0.25, 0.3) is 5.91 Å². The Balaban J connectivity index is 1.50. The molecule has 0 radical (unpaired) electrons. The van der Waals surface area contributed by atoms with Gasteiger partial charge >= 0.3 is 0 Å². The first kappa shape index (κ1) is 16.5. The average Bonchev–Trinajstić information content (AvgIpc) is 3.29. The smallest absolute Gasteiger partial charge is 0.269 e. The van der Waals surface area contributed by atoms with Crippen LogP contribution in [-0.4, -0.2) is 26.1 Å². The molecule has 0 aliphatic heterocycles. The lowest BCUT2D eigenvalue weighted by Gasteiger charge is -2.10. The molecule has 0 saturated heterocycles. The second-order valence-corrected chi connectivity index (χ2v) is 6.92. The number of carbonyl (C=O) groups excluding carboxylic acids is 1. The van der Waals surface area contributed by atoms with Gasteiger partial charge in [0.1, 0.15) is 11.5 Å². The number of halogens is 1. The summed E-state index contributed by atoms with van der Waals surface area (Å²) < 4.78 is 0.995. The van der Waals surface area contributed by atoms with Crippen molar-refractivity contribution in [3.05, 3.63) is 70.6 Å². The Morgan fingerprint density at radius 3 is 2.69 bits per heavy atom. The quantitative estimate of drug-likeness (QED) is 0.471. The molecule has 7 heteroatoms. The van der Waals surface area contributed by atoms with Gasteiger partial charge in [-0.05, 0) is 37.3 Å². The number of H-pyrrole nitrogens is 2. The Bertz CT molecular complexity index is 1030. The number of fused-ring (bicyclic) bond motifs is 1. The van der Waals surface area contributed by atoms with Crippen LogP contribution in [0.2, 0.25) is 0 Å². The highest BCUT2D eigenvalue weighted by Crippen LogP contribution is 2.21. The van der Waals surface area contributed by atoms with E-state index in [1.54, 1.807) is 6.07 Å². The zero-order valence-electron chi connectivity index (χ0n) is 14.0. The summed E-state index contributed by atoms with van der Waals surface area (Å²) in [7, 11) is 0. The van der Waals surface area contributed by atoms with Crippen molar-refractivity contribution in [2.75, 3.05) is 0 Å². The standard InChI is InChI=1S/C19H16BrN5O/c1-11(18-22-14-4-2-3-5-15(14)23-18)21-19(26)17-10-16(24-25-17)12-6-8-13(20)9-7-12/h2-11H,1H3,(H,21,26)(H,22,23)(H,24,25)/t11-/m0/s1. The van der Waals surface area contributed by atoms with E-state index in [-0.39, 0.29) is 11.9 Å². The number of para-hydroxylation sites is 2. The van der Waals surface area contributed by atoms with Gasteiger partial charge in [0, 0.05) is 10.0 Å². The fourth-order valence-electron chi connectivity index (χ4n) is 2.73. The van der Waals surface area contributed by atoms with Gasteiger partial charge < -0.3 is 10.3 Å². The zero-order valence-corrected chi connectivity index (χ0v) is 15.5. The number of imidazole rings is 1. The van der Waals surface area contributed by atoms with Crippen LogP contribution in [-0.2, 0) is 0 Å². The van der Waals surface area contributed by atoms with Crippen LogP contribution < -0.4 is 5.32 Å². The maximum Gasteiger partial charge on any atom is 0.269 e. The van der Waals surface area contributed by atoms with E-state index in [9.17, 15) is 4.79 Å². The van der Waals surface area contributed by atoms with Crippen LogP contribution in [0.25, 0.3) is 22.3 Å². The summed E-state index contributed by atoms with van der Waals surface area (Å²) in [5.41, 5.74) is 3.89. The van der Waals surface area contributed by atoms with Crippen LogP contribution in [0.15, 0.2) is 59.1 Å². The number of rotatable bonds is 4. The summed E-state index contributed by atoms with van der Waals surface area (Å²) in [5.74, 6) is 0.487. The summed E-state index contributed by atoms with van der Waals surface area (Å²) in [6.07, 6.45) is 0. The number of nitrogens with one attached hydrogen (secondary N) is 3. The van der Waals surface area contributed by atoms with Crippen LogP contribution in [0.5, 0.6) is 0 Å². The topological polar surface area (TPSA) is 86.5 Å². The zero-order chi connectivity index (χ0) is 18.1. The Morgan fingerprint density at radius 2 is 1.92 bits per heavy atom. The summed E-state index contributed by atoms with van der Waals surface area (Å²) in [5, 5.41) is 9.96. The van der Waals surface area contributed by atoms with E-state index >= 15 is 0 Å². The normalized spacial score (nSPS) is 12.2. The minimum absolute atomic E-state index is 0.228. The molecule has 1 amide bonds. The Kier molecular flexibility index (Phi) is 4.30. The molecule has 0 unspecified atom stereocenters. The van der Waals surface area contributed by atoms with Gasteiger partial charge in [-0.2, -0.15) is 5.10 Å². The highest BCUT2D eigenvalue weighted by atomic mass is 79.9. The lowest BCUT2D eigenvalue weighted by Crippen LogP contribution is -2.27. The third-order valence-electron chi connectivity index (χ3n) is 4.13. The van der Waals surface area contributed by atoms with E-state index in [0.717, 1.165) is 26.8 Å². The Hall–Kier alpha value is -2.93. The van der Waals surface area contributed by atoms with Crippen LogP contribution in [0.4, 0.5) is 0 Å². The first-order chi connectivity index (χ1) is 12.6. The van der Waals surface area contributed by atoms with Crippen LogP contribution in [0, 0.1) is 0 Å². The molecule has 130 valence electrons. The summed E-state index contributed by atoms with van der Waals surface area (Å²) in [4.78, 5) is 20.3. The predicted octanol–water partition coefficient (Wildman–Crippen LogP) is 4.21. The van der Waals surface area contributed by atoms with Crippen molar-refractivity contribution in [1.29, 1.82) is 0 Å². The molecule has 0 aliphatic carbocycles. The molecule has 1 atom stereocenters. The molecule has 3 N–H and O–H groups in total. The lowest BCUT2D eigenvalue weighted by molar-refractivity contribution is 0.0933. The summed E-state index contributed by atoms with van der Waals surface area (Å²) in [6, 6.07) is 17.0. The Labute approximate surface area is 158 Å². The fourth-order valence-corrected chi connectivity index (χ4v) is 2.99. The third kappa shape index (κ3) is 3.25. The van der Waals surface area contributed by atoms with Gasteiger partial charge in [-0.3, -0.25) is 9.89 Å². The number of benzene rings is 2. The molecule has 0 spiro atoms. The third-order valence-corrected chi connectivity index (χ3v) is 4.66. The number of hydrogen-bond acceptors (Lipinski definition) is 3. The SMILES string of the molecule is C[C@H](NC(=O)c1cc(-c2ccc(Br)cc2)n[nH]1)c1nc2ccccc2[nH]1. The second kappa shape index (κ2) is 6.76. The van der Waals surface area contributed by atoms with Crippen molar-refractivity contribution in [2.45, 2.75) is 13.0 Å². The molecule has 0 saturated carbocycles. The van der Waals surface area contributed by atoms with Crippen molar-refractivity contribution in [2.24, 2.45) is 0 Å². The van der Waals surface area contributed by atoms with Gasteiger partial charge in [-0.1, -0.05) is 40.2 Å². The van der Waals surface area contributed by atoms with Gasteiger partial charge in [-0.15, -0.1) is 0 Å². The monoisotopic (exact) mass is 409 g/mol. The summed E-state index contributed by atoms with van der Waals surface area (Å²) >= 11 is 3.41. The highest BCUT2D eigenvalue weighted by Gasteiger charge is 2.17. The molecule has 2 heterocycles. The average molecular weight is 410 g/mol. The lowest BCUT2D eigenvalue weighted by atomic mass is 10.1. The number of amides is 1. The van der Waals surface area contributed by atoms with Gasteiger partial charge in [0.05, 0.1) is 22.8 Å². The van der Waals surface area contributed by atoms with Crippen molar-refractivity contribution in [3.63, 3.8) is 0 Å². The molecule has 4 rings (SSSR count). The van der Waals surface area contributed by atoms with Crippen molar-refractivity contribution < 1.29 is 4.79 Å². The second-order valence-electron chi connectivity index (χ2n) is 6.01. The van der Waals surface area contributed by atoms with Gasteiger partial charge in [0.15, 0.2) is 0 Å².